The first-order valence-electron chi connectivity index (χ1n) is 8.14. The topological polar surface area (TPSA) is 87.4 Å². The molecule has 25 heavy (non-hydrogen) atoms. The van der Waals surface area contributed by atoms with Crippen LogP contribution >= 0.6 is 0 Å². The van der Waals surface area contributed by atoms with E-state index in [2.05, 4.69) is 15.5 Å². The molecule has 2 heterocycles. The van der Waals surface area contributed by atoms with Gasteiger partial charge in [0.15, 0.2) is 0 Å². The molecule has 0 radical (unpaired) electrons. The summed E-state index contributed by atoms with van der Waals surface area (Å²) in [4.78, 5) is 16.0. The minimum atomic E-state index is -0.609. The molecule has 1 fully saturated rings. The zero-order valence-electron chi connectivity index (χ0n) is 14.0. The molecule has 0 unspecified atom stereocenters. The van der Waals surface area contributed by atoms with Crippen molar-refractivity contribution >= 4 is 5.91 Å². The SMILES string of the molecule is CN(Cc1ccc(F)cc1)[C@@H]1CN(C(=O)CCn2cnnn2)C[C@H]1O. The molecule has 1 aromatic carbocycles. The van der Waals surface area contributed by atoms with E-state index in [9.17, 15) is 14.3 Å². The molecular weight excluding hydrogens is 327 g/mol. The summed E-state index contributed by atoms with van der Waals surface area (Å²) in [7, 11) is 1.90. The number of benzene rings is 1. The Bertz CT molecular complexity index is 693. The number of tetrazole rings is 1. The average molecular weight is 348 g/mol. The summed E-state index contributed by atoms with van der Waals surface area (Å²) < 4.78 is 14.5. The highest BCUT2D eigenvalue weighted by Crippen LogP contribution is 2.18. The van der Waals surface area contributed by atoms with Gasteiger partial charge in [-0.05, 0) is 35.2 Å². The van der Waals surface area contributed by atoms with E-state index in [0.29, 0.717) is 26.2 Å². The number of aromatic nitrogens is 4. The van der Waals surface area contributed by atoms with Crippen molar-refractivity contribution in [2.75, 3.05) is 20.1 Å². The van der Waals surface area contributed by atoms with Crippen LogP contribution in [-0.4, -0.2) is 73.3 Å². The van der Waals surface area contributed by atoms with Gasteiger partial charge in [-0.25, -0.2) is 9.07 Å². The summed E-state index contributed by atoms with van der Waals surface area (Å²) in [5.41, 5.74) is 0.958. The lowest BCUT2D eigenvalue weighted by molar-refractivity contribution is -0.130. The van der Waals surface area contributed by atoms with Gasteiger partial charge in [0.2, 0.25) is 5.91 Å². The monoisotopic (exact) mass is 348 g/mol. The summed E-state index contributed by atoms with van der Waals surface area (Å²) in [6.45, 7) is 1.77. The third-order valence-electron chi connectivity index (χ3n) is 4.47. The highest BCUT2D eigenvalue weighted by Gasteiger charge is 2.36. The number of likely N-dealkylation sites (N-methyl/N-ethyl adjacent to an activating group) is 1. The number of halogens is 1. The number of carbonyl (C=O) groups is 1. The summed E-state index contributed by atoms with van der Waals surface area (Å²) in [5.74, 6) is -0.307. The number of aryl methyl sites for hydroxylation is 1. The van der Waals surface area contributed by atoms with Gasteiger partial charge in [-0.3, -0.25) is 9.69 Å². The maximum Gasteiger partial charge on any atom is 0.224 e. The zero-order chi connectivity index (χ0) is 17.8. The summed E-state index contributed by atoms with van der Waals surface area (Å²) in [6, 6.07) is 6.14. The normalized spacial score (nSPS) is 20.4. The number of nitrogens with zero attached hydrogens (tertiary/aromatic N) is 6. The molecule has 9 heteroatoms. The number of β-amino-alcohol motifs (C(OH)–C–C–N with tert-alkyl or cyclic N) is 1. The van der Waals surface area contributed by atoms with E-state index in [4.69, 9.17) is 0 Å². The molecule has 2 atom stereocenters. The minimum Gasteiger partial charge on any atom is -0.390 e. The van der Waals surface area contributed by atoms with Gasteiger partial charge in [-0.1, -0.05) is 12.1 Å². The molecule has 134 valence electrons. The van der Waals surface area contributed by atoms with Crippen molar-refractivity contribution < 1.29 is 14.3 Å². The lowest BCUT2D eigenvalue weighted by Gasteiger charge is -2.26. The molecule has 1 aromatic heterocycles. The number of rotatable bonds is 6. The number of amides is 1. The van der Waals surface area contributed by atoms with Crippen LogP contribution in [0.4, 0.5) is 4.39 Å². The maximum atomic E-state index is 13.0. The molecule has 0 spiro atoms. The van der Waals surface area contributed by atoms with Crippen molar-refractivity contribution in [1.82, 2.24) is 30.0 Å². The number of hydrogen-bond acceptors (Lipinski definition) is 6. The predicted molar refractivity (Wildman–Crippen MR) is 86.7 cm³/mol. The van der Waals surface area contributed by atoms with Crippen molar-refractivity contribution in [2.45, 2.75) is 31.7 Å². The fraction of sp³-hybridized carbons (Fsp3) is 0.500. The lowest BCUT2D eigenvalue weighted by Crippen LogP contribution is -2.40. The molecule has 1 saturated heterocycles. The van der Waals surface area contributed by atoms with Crippen LogP contribution in [0.1, 0.15) is 12.0 Å². The highest BCUT2D eigenvalue weighted by atomic mass is 19.1. The van der Waals surface area contributed by atoms with Crippen LogP contribution in [0.3, 0.4) is 0 Å². The van der Waals surface area contributed by atoms with Gasteiger partial charge in [-0.15, -0.1) is 5.10 Å². The Morgan fingerprint density at radius 3 is 2.80 bits per heavy atom. The fourth-order valence-corrected chi connectivity index (χ4v) is 3.05. The Hall–Kier alpha value is -2.39. The Morgan fingerprint density at radius 1 is 1.36 bits per heavy atom. The molecule has 0 saturated carbocycles. The standard InChI is InChI=1S/C16H21FN6O2/c1-21(8-12-2-4-13(17)5-3-12)14-9-22(10-15(14)24)16(25)6-7-23-11-18-19-20-23/h2-5,11,14-15,24H,6-10H2,1H3/t14-,15-/m1/s1. The molecule has 0 aliphatic carbocycles. The zero-order valence-corrected chi connectivity index (χ0v) is 14.0. The first-order valence-corrected chi connectivity index (χ1v) is 8.14. The average Bonchev–Trinajstić information content (AvgIpc) is 3.24. The van der Waals surface area contributed by atoms with Gasteiger partial charge >= 0.3 is 0 Å². The number of carbonyl (C=O) groups excluding carboxylic acids is 1. The number of likely N-dealkylation sites (tertiary alicyclic amines) is 1. The second-order valence-electron chi connectivity index (χ2n) is 6.30. The Balaban J connectivity index is 1.53. The Morgan fingerprint density at radius 2 is 2.12 bits per heavy atom. The summed E-state index contributed by atoms with van der Waals surface area (Å²) >= 11 is 0. The first kappa shape index (κ1) is 17.4. The van der Waals surface area contributed by atoms with E-state index >= 15 is 0 Å². The molecule has 2 aromatic rings. The molecule has 0 bridgehead atoms. The van der Waals surface area contributed by atoms with Gasteiger partial charge < -0.3 is 10.0 Å². The molecule has 8 nitrogen and oxygen atoms in total. The Kier molecular flexibility index (Phi) is 5.34. The van der Waals surface area contributed by atoms with E-state index in [0.717, 1.165) is 5.56 Å². The van der Waals surface area contributed by atoms with Gasteiger partial charge in [0.25, 0.3) is 0 Å². The smallest absolute Gasteiger partial charge is 0.224 e. The van der Waals surface area contributed by atoms with Gasteiger partial charge in [0, 0.05) is 26.1 Å². The van der Waals surface area contributed by atoms with Crippen LogP contribution in [0.5, 0.6) is 0 Å². The van der Waals surface area contributed by atoms with Crippen LogP contribution in [0.2, 0.25) is 0 Å². The second-order valence-corrected chi connectivity index (χ2v) is 6.30. The number of aliphatic hydroxyl groups is 1. The van der Waals surface area contributed by atoms with E-state index in [-0.39, 0.29) is 24.2 Å². The fourth-order valence-electron chi connectivity index (χ4n) is 3.05. The van der Waals surface area contributed by atoms with Crippen LogP contribution in [-0.2, 0) is 17.9 Å². The molecule has 1 N–H and O–H groups in total. The van der Waals surface area contributed by atoms with Crippen molar-refractivity contribution in [3.05, 3.63) is 42.0 Å². The van der Waals surface area contributed by atoms with Crippen LogP contribution in [0.25, 0.3) is 0 Å². The van der Waals surface area contributed by atoms with E-state index < -0.39 is 6.10 Å². The van der Waals surface area contributed by atoms with Crippen molar-refractivity contribution in [3.8, 4) is 0 Å². The van der Waals surface area contributed by atoms with Gasteiger partial charge in [0.1, 0.15) is 12.1 Å². The van der Waals surface area contributed by atoms with Crippen LogP contribution in [0.15, 0.2) is 30.6 Å². The van der Waals surface area contributed by atoms with Crippen molar-refractivity contribution in [2.24, 2.45) is 0 Å². The van der Waals surface area contributed by atoms with Crippen LogP contribution in [0, 0.1) is 5.82 Å². The number of aliphatic hydroxyl groups excluding tert-OH is 1. The molecular formula is C16H21FN6O2. The second kappa shape index (κ2) is 7.66. The van der Waals surface area contributed by atoms with Gasteiger partial charge in [-0.2, -0.15) is 0 Å². The van der Waals surface area contributed by atoms with E-state index in [1.165, 1.54) is 23.1 Å². The highest BCUT2D eigenvalue weighted by molar-refractivity contribution is 5.76. The first-order chi connectivity index (χ1) is 12.0. The van der Waals surface area contributed by atoms with Crippen molar-refractivity contribution in [3.63, 3.8) is 0 Å². The Labute approximate surface area is 144 Å². The summed E-state index contributed by atoms with van der Waals surface area (Å²) in [6.07, 6.45) is 1.14. The maximum absolute atomic E-state index is 13.0. The van der Waals surface area contributed by atoms with Crippen LogP contribution < -0.4 is 0 Å². The summed E-state index contributed by atoms with van der Waals surface area (Å²) in [5, 5.41) is 21.1. The third-order valence-corrected chi connectivity index (χ3v) is 4.47. The largest absolute Gasteiger partial charge is 0.390 e. The molecule has 1 aliphatic heterocycles. The number of hydrogen-bond donors (Lipinski definition) is 1. The molecule has 3 rings (SSSR count). The van der Waals surface area contributed by atoms with Gasteiger partial charge in [0.05, 0.1) is 18.7 Å². The lowest BCUT2D eigenvalue weighted by atomic mass is 10.1. The minimum absolute atomic E-state index is 0.0350. The molecule has 1 amide bonds. The van der Waals surface area contributed by atoms with Crippen molar-refractivity contribution in [1.29, 1.82) is 0 Å². The van der Waals surface area contributed by atoms with E-state index in [1.807, 2.05) is 11.9 Å². The molecule has 1 aliphatic rings. The third kappa shape index (κ3) is 4.37. The quantitative estimate of drug-likeness (QED) is 0.785. The predicted octanol–water partition coefficient (Wildman–Crippen LogP) is -0.0940. The van der Waals surface area contributed by atoms with E-state index in [1.54, 1.807) is 17.0 Å².